The van der Waals surface area contributed by atoms with E-state index in [9.17, 15) is 4.79 Å². The number of hydrogen-bond acceptors (Lipinski definition) is 5. The van der Waals surface area contributed by atoms with Crippen molar-refractivity contribution in [2.75, 3.05) is 6.54 Å². The largest absolute Gasteiger partial charge is 0.350 e. The second-order valence-electron chi connectivity index (χ2n) is 5.31. The minimum absolute atomic E-state index is 0.0783. The maximum Gasteiger partial charge on any atom is 0.293 e. The molecule has 1 fully saturated rings. The van der Waals surface area contributed by atoms with Gasteiger partial charge in [-0.2, -0.15) is 4.98 Å². The second-order valence-corrected chi connectivity index (χ2v) is 5.31. The first-order chi connectivity index (χ1) is 10.1. The SMILES string of the molecule is Cc1ccc(CNC(=O)c2noc(C3CCCN3)n2)n1C. The molecule has 2 aromatic heterocycles. The lowest BCUT2D eigenvalue weighted by Gasteiger charge is -2.05. The first kappa shape index (κ1) is 13.8. The van der Waals surface area contributed by atoms with Gasteiger partial charge < -0.3 is 19.7 Å². The lowest BCUT2D eigenvalue weighted by Crippen LogP contribution is -2.25. The number of hydrogen-bond donors (Lipinski definition) is 2. The molecule has 2 N–H and O–H groups in total. The first-order valence-corrected chi connectivity index (χ1v) is 7.11. The molecule has 1 saturated heterocycles. The molecule has 0 radical (unpaired) electrons. The third-order valence-electron chi connectivity index (χ3n) is 3.91. The van der Waals surface area contributed by atoms with Crippen LogP contribution in [0.2, 0.25) is 0 Å². The average molecular weight is 289 g/mol. The molecule has 1 atom stereocenters. The standard InChI is InChI=1S/C14H19N5O2/c1-9-5-6-10(19(9)2)8-16-13(20)12-17-14(21-18-12)11-4-3-7-15-11/h5-6,11,15H,3-4,7-8H2,1-2H3,(H,16,20). The fourth-order valence-corrected chi connectivity index (χ4v) is 2.46. The maximum absolute atomic E-state index is 12.0. The van der Waals surface area contributed by atoms with E-state index in [2.05, 4.69) is 20.8 Å². The van der Waals surface area contributed by atoms with Crippen LogP contribution in [0.15, 0.2) is 16.7 Å². The maximum atomic E-state index is 12.0. The highest BCUT2D eigenvalue weighted by atomic mass is 16.5. The molecule has 7 nitrogen and oxygen atoms in total. The van der Waals surface area contributed by atoms with Crippen LogP contribution in [0.5, 0.6) is 0 Å². The van der Waals surface area contributed by atoms with Crippen LogP contribution in [-0.2, 0) is 13.6 Å². The summed E-state index contributed by atoms with van der Waals surface area (Å²) in [5.41, 5.74) is 2.18. The van der Waals surface area contributed by atoms with E-state index in [-0.39, 0.29) is 17.8 Å². The fourth-order valence-electron chi connectivity index (χ4n) is 2.46. The summed E-state index contributed by atoms with van der Waals surface area (Å²) in [5.74, 6) is 0.263. The van der Waals surface area contributed by atoms with Gasteiger partial charge in [0, 0.05) is 18.4 Å². The van der Waals surface area contributed by atoms with Gasteiger partial charge in [0.25, 0.3) is 11.7 Å². The summed E-state index contributed by atoms with van der Waals surface area (Å²) >= 11 is 0. The van der Waals surface area contributed by atoms with Gasteiger partial charge in [0.05, 0.1) is 12.6 Å². The molecule has 0 aliphatic carbocycles. The van der Waals surface area contributed by atoms with Crippen molar-refractivity contribution in [1.29, 1.82) is 0 Å². The van der Waals surface area contributed by atoms with Crippen LogP contribution < -0.4 is 10.6 Å². The molecule has 1 unspecified atom stereocenters. The Bertz CT molecular complexity index is 640. The Balaban J connectivity index is 1.61. The van der Waals surface area contributed by atoms with Crippen LogP contribution in [0, 0.1) is 6.92 Å². The summed E-state index contributed by atoms with van der Waals surface area (Å²) in [6.07, 6.45) is 2.05. The monoisotopic (exact) mass is 289 g/mol. The Labute approximate surface area is 122 Å². The van der Waals surface area contributed by atoms with Gasteiger partial charge in [-0.05, 0) is 38.4 Å². The normalized spacial score (nSPS) is 18.1. The van der Waals surface area contributed by atoms with E-state index < -0.39 is 0 Å². The van der Waals surface area contributed by atoms with Crippen LogP contribution >= 0.6 is 0 Å². The highest BCUT2D eigenvalue weighted by Gasteiger charge is 2.24. The molecule has 21 heavy (non-hydrogen) atoms. The van der Waals surface area contributed by atoms with E-state index in [1.807, 2.05) is 30.7 Å². The van der Waals surface area contributed by atoms with E-state index in [1.165, 1.54) is 0 Å². The Morgan fingerprint density at radius 1 is 1.57 bits per heavy atom. The van der Waals surface area contributed by atoms with Crippen molar-refractivity contribution >= 4 is 5.91 Å². The van der Waals surface area contributed by atoms with Crippen LogP contribution in [0.25, 0.3) is 0 Å². The van der Waals surface area contributed by atoms with E-state index in [1.54, 1.807) is 0 Å². The smallest absolute Gasteiger partial charge is 0.293 e. The summed E-state index contributed by atoms with van der Waals surface area (Å²) in [6, 6.07) is 4.08. The molecule has 3 heterocycles. The summed E-state index contributed by atoms with van der Waals surface area (Å²) in [7, 11) is 1.97. The second kappa shape index (κ2) is 5.69. The first-order valence-electron chi connectivity index (χ1n) is 7.11. The van der Waals surface area contributed by atoms with Crippen molar-refractivity contribution in [2.45, 2.75) is 32.4 Å². The third kappa shape index (κ3) is 2.82. The van der Waals surface area contributed by atoms with Crippen molar-refractivity contribution in [3.8, 4) is 0 Å². The van der Waals surface area contributed by atoms with Crippen LogP contribution in [0.3, 0.4) is 0 Å². The molecule has 112 valence electrons. The molecule has 1 amide bonds. The summed E-state index contributed by atoms with van der Waals surface area (Å²) in [6.45, 7) is 3.40. The minimum Gasteiger partial charge on any atom is -0.350 e. The van der Waals surface area contributed by atoms with Crippen molar-refractivity contribution in [1.82, 2.24) is 25.3 Å². The summed E-state index contributed by atoms with van der Waals surface area (Å²) in [4.78, 5) is 16.2. The number of amides is 1. The lowest BCUT2D eigenvalue weighted by molar-refractivity contribution is 0.0936. The average Bonchev–Trinajstić information content (AvgIpc) is 3.19. The number of aryl methyl sites for hydroxylation is 1. The lowest BCUT2D eigenvalue weighted by atomic mass is 10.2. The Hall–Kier alpha value is -2.15. The molecule has 7 heteroatoms. The van der Waals surface area contributed by atoms with E-state index in [0.717, 1.165) is 30.8 Å². The molecule has 3 rings (SSSR count). The Morgan fingerprint density at radius 2 is 2.43 bits per heavy atom. The molecule has 2 aromatic rings. The number of nitrogens with one attached hydrogen (secondary N) is 2. The van der Waals surface area contributed by atoms with E-state index >= 15 is 0 Å². The molecule has 0 aromatic carbocycles. The molecule has 0 bridgehead atoms. The highest BCUT2D eigenvalue weighted by molar-refractivity contribution is 5.90. The number of carbonyl (C=O) groups is 1. The van der Waals surface area contributed by atoms with Crippen molar-refractivity contribution in [3.63, 3.8) is 0 Å². The van der Waals surface area contributed by atoms with Crippen LogP contribution in [-0.4, -0.2) is 27.2 Å². The quantitative estimate of drug-likeness (QED) is 0.879. The molecular formula is C14H19N5O2. The minimum atomic E-state index is -0.318. The Kier molecular flexibility index (Phi) is 3.74. The number of rotatable bonds is 4. The van der Waals surface area contributed by atoms with Gasteiger partial charge >= 0.3 is 0 Å². The number of aromatic nitrogens is 3. The molecule has 0 spiro atoms. The topological polar surface area (TPSA) is 85.0 Å². The van der Waals surface area contributed by atoms with E-state index in [0.29, 0.717) is 12.4 Å². The fraction of sp³-hybridized carbons (Fsp3) is 0.500. The van der Waals surface area contributed by atoms with Crippen LogP contribution in [0.4, 0.5) is 0 Å². The third-order valence-corrected chi connectivity index (χ3v) is 3.91. The van der Waals surface area contributed by atoms with Gasteiger partial charge in [-0.15, -0.1) is 0 Å². The van der Waals surface area contributed by atoms with Crippen LogP contribution in [0.1, 0.15) is 46.8 Å². The van der Waals surface area contributed by atoms with Gasteiger partial charge in [0.1, 0.15) is 0 Å². The van der Waals surface area contributed by atoms with Gasteiger partial charge in [0.2, 0.25) is 5.89 Å². The van der Waals surface area contributed by atoms with Gasteiger partial charge in [-0.25, -0.2) is 0 Å². The Morgan fingerprint density at radius 3 is 3.10 bits per heavy atom. The predicted molar refractivity (Wildman–Crippen MR) is 75.6 cm³/mol. The van der Waals surface area contributed by atoms with Gasteiger partial charge in [-0.3, -0.25) is 4.79 Å². The predicted octanol–water partition coefficient (Wildman–Crippen LogP) is 1.07. The van der Waals surface area contributed by atoms with Crippen molar-refractivity contribution < 1.29 is 9.32 Å². The van der Waals surface area contributed by atoms with Gasteiger partial charge in [0.15, 0.2) is 0 Å². The molecular weight excluding hydrogens is 270 g/mol. The summed E-state index contributed by atoms with van der Waals surface area (Å²) in [5, 5.41) is 9.83. The van der Waals surface area contributed by atoms with Crippen molar-refractivity contribution in [3.05, 3.63) is 35.2 Å². The number of carbonyl (C=O) groups excluding carboxylic acids is 1. The number of nitrogens with zero attached hydrogens (tertiary/aromatic N) is 3. The zero-order chi connectivity index (χ0) is 14.8. The van der Waals surface area contributed by atoms with E-state index in [4.69, 9.17) is 4.52 Å². The molecule has 0 saturated carbocycles. The zero-order valence-electron chi connectivity index (χ0n) is 12.2. The zero-order valence-corrected chi connectivity index (χ0v) is 12.2. The van der Waals surface area contributed by atoms with Gasteiger partial charge in [-0.1, -0.05) is 5.16 Å². The molecule has 1 aliphatic rings. The summed E-state index contributed by atoms with van der Waals surface area (Å²) < 4.78 is 7.19. The molecule has 1 aliphatic heterocycles. The van der Waals surface area contributed by atoms with Crippen molar-refractivity contribution in [2.24, 2.45) is 7.05 Å². The highest BCUT2D eigenvalue weighted by Crippen LogP contribution is 2.20.